The summed E-state index contributed by atoms with van der Waals surface area (Å²) in [6, 6.07) is 11.3. The second-order valence-electron chi connectivity index (χ2n) is 9.20. The largest absolute Gasteiger partial charge is 0.490 e. The van der Waals surface area contributed by atoms with E-state index >= 15 is 0 Å². The van der Waals surface area contributed by atoms with Crippen LogP contribution in [0.1, 0.15) is 63.3 Å². The number of carbonyl (C=O) groups excluding carboxylic acids is 1. The monoisotopic (exact) mass is 535 g/mol. The zero-order valence-corrected chi connectivity index (χ0v) is 23.9. The zero-order valence-electron chi connectivity index (χ0n) is 23.1. The van der Waals surface area contributed by atoms with Crippen LogP contribution in [0.15, 0.2) is 52.8 Å². The minimum Gasteiger partial charge on any atom is -0.490 e. The topological polar surface area (TPSA) is 90.3 Å². The van der Waals surface area contributed by atoms with E-state index in [1.807, 2.05) is 64.1 Å². The fourth-order valence-electron chi connectivity index (χ4n) is 4.41. The molecule has 4 rings (SSSR count). The Morgan fingerprint density at radius 1 is 1.11 bits per heavy atom. The molecule has 0 saturated heterocycles. The smallest absolute Gasteiger partial charge is 0.255 e. The van der Waals surface area contributed by atoms with Crippen molar-refractivity contribution in [2.75, 3.05) is 29.6 Å². The normalized spacial score (nSPS) is 14.6. The molecule has 1 atom stereocenters. The van der Waals surface area contributed by atoms with Gasteiger partial charge in [0.25, 0.3) is 5.91 Å². The number of fused-ring (bicyclic) bond motifs is 1. The van der Waals surface area contributed by atoms with Crippen LogP contribution in [-0.2, 0) is 4.79 Å². The van der Waals surface area contributed by atoms with Crippen LogP contribution in [0.2, 0.25) is 0 Å². The van der Waals surface area contributed by atoms with Gasteiger partial charge in [-0.15, -0.1) is 5.10 Å². The second kappa shape index (κ2) is 12.4. The molecule has 2 N–H and O–H groups in total. The summed E-state index contributed by atoms with van der Waals surface area (Å²) in [6.45, 7) is 13.2. The number of anilines is 2. The Bertz CT molecular complexity index is 1330. The lowest BCUT2D eigenvalue weighted by atomic mass is 9.94. The highest BCUT2D eigenvalue weighted by atomic mass is 32.2. The molecule has 3 aromatic rings. The van der Waals surface area contributed by atoms with Crippen molar-refractivity contribution in [3.05, 3.63) is 64.4 Å². The van der Waals surface area contributed by atoms with Gasteiger partial charge in [-0.3, -0.25) is 4.79 Å². The number of carbonyl (C=O) groups is 1. The molecular formula is C29H37N5O3S. The number of benzene rings is 2. The van der Waals surface area contributed by atoms with E-state index in [1.54, 1.807) is 16.4 Å². The predicted molar refractivity (Wildman–Crippen MR) is 153 cm³/mol. The molecule has 1 unspecified atom stereocenters. The number of nitrogens with one attached hydrogen (secondary N) is 2. The van der Waals surface area contributed by atoms with Crippen LogP contribution in [0.25, 0.3) is 0 Å². The number of nitrogens with zero attached hydrogens (tertiary/aromatic N) is 3. The molecule has 1 amide bonds. The molecule has 8 nitrogen and oxygen atoms in total. The molecule has 0 aliphatic carbocycles. The molecule has 0 spiro atoms. The van der Waals surface area contributed by atoms with Crippen LogP contribution >= 0.6 is 11.8 Å². The van der Waals surface area contributed by atoms with E-state index in [2.05, 4.69) is 29.5 Å². The molecule has 2 heterocycles. The van der Waals surface area contributed by atoms with E-state index in [0.29, 0.717) is 41.4 Å². The van der Waals surface area contributed by atoms with Gasteiger partial charge in [0, 0.05) is 11.4 Å². The first-order valence-electron chi connectivity index (χ1n) is 13.2. The van der Waals surface area contributed by atoms with Crippen LogP contribution in [0.5, 0.6) is 11.5 Å². The van der Waals surface area contributed by atoms with E-state index in [1.165, 1.54) is 0 Å². The third-order valence-corrected chi connectivity index (χ3v) is 7.26. The molecule has 1 aliphatic rings. The summed E-state index contributed by atoms with van der Waals surface area (Å²) in [5, 5.41) is 11.9. The first-order valence-corrected chi connectivity index (χ1v) is 14.2. The molecule has 1 aromatic heterocycles. The van der Waals surface area contributed by atoms with Crippen molar-refractivity contribution in [3.63, 3.8) is 0 Å². The Labute approximate surface area is 229 Å². The minimum atomic E-state index is -0.501. The zero-order chi connectivity index (χ0) is 27.2. The summed E-state index contributed by atoms with van der Waals surface area (Å²) in [5.74, 6) is 2.60. The van der Waals surface area contributed by atoms with Crippen molar-refractivity contribution in [3.8, 4) is 11.5 Å². The number of hydrogen-bond acceptors (Lipinski definition) is 7. The van der Waals surface area contributed by atoms with E-state index in [4.69, 9.17) is 14.6 Å². The predicted octanol–water partition coefficient (Wildman–Crippen LogP) is 6.51. The van der Waals surface area contributed by atoms with Crippen molar-refractivity contribution < 1.29 is 14.3 Å². The second-order valence-corrected chi connectivity index (χ2v) is 10.4. The number of thioether (sulfide) groups is 1. The molecular weight excluding hydrogens is 498 g/mol. The van der Waals surface area contributed by atoms with Gasteiger partial charge in [-0.25, -0.2) is 4.68 Å². The summed E-state index contributed by atoms with van der Waals surface area (Å²) in [7, 11) is 0. The lowest BCUT2D eigenvalue weighted by Crippen LogP contribution is -2.31. The molecule has 1 aliphatic heterocycles. The number of allylic oxidation sites excluding steroid dienone is 1. The highest BCUT2D eigenvalue weighted by molar-refractivity contribution is 7.99. The Hall–Kier alpha value is -3.46. The summed E-state index contributed by atoms with van der Waals surface area (Å²) in [5.41, 5.74) is 5.10. The van der Waals surface area contributed by atoms with E-state index in [0.717, 1.165) is 46.7 Å². The van der Waals surface area contributed by atoms with E-state index < -0.39 is 6.04 Å². The van der Waals surface area contributed by atoms with Gasteiger partial charge in [0.1, 0.15) is 6.04 Å². The van der Waals surface area contributed by atoms with E-state index in [-0.39, 0.29) is 5.91 Å². The fraction of sp³-hybridized carbons (Fsp3) is 0.414. The van der Waals surface area contributed by atoms with Crippen molar-refractivity contribution in [1.29, 1.82) is 0 Å². The van der Waals surface area contributed by atoms with Crippen molar-refractivity contribution >= 4 is 29.3 Å². The molecule has 0 bridgehead atoms. The van der Waals surface area contributed by atoms with Gasteiger partial charge in [-0.2, -0.15) is 4.98 Å². The van der Waals surface area contributed by atoms with Gasteiger partial charge in [0.15, 0.2) is 11.5 Å². The molecule has 9 heteroatoms. The van der Waals surface area contributed by atoms with Crippen LogP contribution in [0, 0.1) is 13.8 Å². The molecule has 0 saturated carbocycles. The fourth-order valence-corrected chi connectivity index (χ4v) is 4.96. The quantitative estimate of drug-likeness (QED) is 0.214. The molecule has 0 radical (unpaired) electrons. The molecule has 202 valence electrons. The van der Waals surface area contributed by atoms with Gasteiger partial charge in [0.2, 0.25) is 11.1 Å². The Kier molecular flexibility index (Phi) is 8.99. The number of hydrogen-bond donors (Lipinski definition) is 2. The maximum atomic E-state index is 13.9. The van der Waals surface area contributed by atoms with Gasteiger partial charge in [-0.1, -0.05) is 50.2 Å². The third kappa shape index (κ3) is 5.83. The average molecular weight is 536 g/mol. The minimum absolute atomic E-state index is 0.194. The maximum absolute atomic E-state index is 13.9. The summed E-state index contributed by atoms with van der Waals surface area (Å²) in [4.78, 5) is 18.6. The first kappa shape index (κ1) is 27.6. The van der Waals surface area contributed by atoms with Crippen LogP contribution in [-0.4, -0.2) is 39.6 Å². The number of rotatable bonds is 11. The van der Waals surface area contributed by atoms with Crippen LogP contribution < -0.4 is 20.1 Å². The Morgan fingerprint density at radius 3 is 2.66 bits per heavy atom. The lowest BCUT2D eigenvalue weighted by Gasteiger charge is -2.29. The highest BCUT2D eigenvalue weighted by Crippen LogP contribution is 2.40. The van der Waals surface area contributed by atoms with Crippen molar-refractivity contribution in [2.45, 2.75) is 65.6 Å². The summed E-state index contributed by atoms with van der Waals surface area (Å²) >= 11 is 1.56. The van der Waals surface area contributed by atoms with E-state index in [9.17, 15) is 4.79 Å². The Balaban J connectivity index is 1.79. The van der Waals surface area contributed by atoms with Gasteiger partial charge >= 0.3 is 0 Å². The third-order valence-electron chi connectivity index (χ3n) is 6.54. The van der Waals surface area contributed by atoms with Gasteiger partial charge < -0.3 is 20.1 Å². The number of unbranched alkanes of at least 4 members (excludes halogenated alkanes) is 1. The number of ether oxygens (including phenoxy) is 2. The average Bonchev–Trinajstić information content (AvgIpc) is 3.29. The number of aryl methyl sites for hydroxylation is 1. The van der Waals surface area contributed by atoms with Crippen molar-refractivity contribution in [1.82, 2.24) is 14.8 Å². The standard InChI is InChI=1S/C29H37N5O3S/c1-7-10-16-37-23-15-14-21(17-24(23)36-8-2)26-25(27(35)31-22-13-11-12-18(4)19(22)5)20(6)30-28-32-29(38-9-3)33-34(26)28/h11-15,17,26H,7-10,16H2,1-6H3,(H,31,35)(H,30,32,33). The SMILES string of the molecule is CCCCOc1ccc(C2C(C(=O)Nc3cccc(C)c3C)=C(C)Nc3nc(SCC)nn32)cc1OCC. The summed E-state index contributed by atoms with van der Waals surface area (Å²) in [6.07, 6.45) is 2.01. The molecule has 2 aromatic carbocycles. The van der Waals surface area contributed by atoms with Crippen molar-refractivity contribution in [2.24, 2.45) is 0 Å². The van der Waals surface area contributed by atoms with Gasteiger partial charge in [-0.05, 0) is 74.8 Å². The Morgan fingerprint density at radius 2 is 1.92 bits per heavy atom. The molecule has 38 heavy (non-hydrogen) atoms. The first-order chi connectivity index (χ1) is 18.4. The van der Waals surface area contributed by atoms with Crippen LogP contribution in [0.4, 0.5) is 11.6 Å². The van der Waals surface area contributed by atoms with Crippen LogP contribution in [0.3, 0.4) is 0 Å². The number of aromatic nitrogens is 3. The van der Waals surface area contributed by atoms with Gasteiger partial charge in [0.05, 0.1) is 18.8 Å². The summed E-state index contributed by atoms with van der Waals surface area (Å²) < 4.78 is 13.8. The molecule has 0 fully saturated rings. The lowest BCUT2D eigenvalue weighted by molar-refractivity contribution is -0.113. The highest BCUT2D eigenvalue weighted by Gasteiger charge is 2.35. The number of amides is 1. The maximum Gasteiger partial charge on any atom is 0.255 e.